The van der Waals surface area contributed by atoms with Crippen molar-refractivity contribution in [3.05, 3.63) is 12.7 Å². The number of aliphatic imine (C=N–C) groups is 1. The highest BCUT2D eigenvalue weighted by Crippen LogP contribution is 2.04. The van der Waals surface area contributed by atoms with Gasteiger partial charge in [0, 0.05) is 12.6 Å². The van der Waals surface area contributed by atoms with E-state index >= 15 is 0 Å². The van der Waals surface area contributed by atoms with Crippen LogP contribution in [0.3, 0.4) is 0 Å². The number of rotatable bonds is 2. The van der Waals surface area contributed by atoms with E-state index in [9.17, 15) is 0 Å². The molecule has 0 saturated carbocycles. The lowest BCUT2D eigenvalue weighted by molar-refractivity contribution is 0.585. The lowest BCUT2D eigenvalue weighted by atomic mass is 10.1. The minimum atomic E-state index is 0.0724. The van der Waals surface area contributed by atoms with Crippen molar-refractivity contribution in [3.63, 3.8) is 0 Å². The summed E-state index contributed by atoms with van der Waals surface area (Å²) >= 11 is 0. The average Bonchev–Trinajstić information content (AvgIpc) is 1.63. The molecule has 1 nitrogen and oxygen atoms in total. The molecule has 9 heavy (non-hydrogen) atoms. The first-order valence-electron chi connectivity index (χ1n) is 3.21. The fourth-order valence-corrected chi connectivity index (χ4v) is 0.401. The van der Waals surface area contributed by atoms with E-state index < -0.39 is 0 Å². The van der Waals surface area contributed by atoms with Crippen LogP contribution in [0.25, 0.3) is 0 Å². The van der Waals surface area contributed by atoms with E-state index in [0.29, 0.717) is 0 Å². The second kappa shape index (κ2) is 3.44. The molecule has 0 rings (SSSR count). The Labute approximate surface area is 57.5 Å². The largest absolute Gasteiger partial charge is 0.291 e. The van der Waals surface area contributed by atoms with Gasteiger partial charge in [0.05, 0.1) is 5.54 Å². The zero-order chi connectivity index (χ0) is 7.33. The second-order valence-corrected chi connectivity index (χ2v) is 3.01. The topological polar surface area (TPSA) is 12.4 Å². The zero-order valence-electron chi connectivity index (χ0n) is 6.52. The quantitative estimate of drug-likeness (QED) is 0.397. The molecule has 0 aromatic carbocycles. The second-order valence-electron chi connectivity index (χ2n) is 3.01. The molecular formula is C8H15N. The molecule has 0 aliphatic carbocycles. The molecule has 0 aromatic heterocycles. The third-order valence-corrected chi connectivity index (χ3v) is 0.751. The predicted molar refractivity (Wildman–Crippen MR) is 43.1 cm³/mol. The van der Waals surface area contributed by atoms with Crippen molar-refractivity contribution in [2.75, 3.05) is 0 Å². The van der Waals surface area contributed by atoms with Gasteiger partial charge in [-0.15, -0.1) is 6.58 Å². The third-order valence-electron chi connectivity index (χ3n) is 0.751. The van der Waals surface area contributed by atoms with Crippen molar-refractivity contribution < 1.29 is 0 Å². The molecule has 0 aliphatic rings. The van der Waals surface area contributed by atoms with Gasteiger partial charge in [-0.1, -0.05) is 6.08 Å². The molecule has 0 heterocycles. The van der Waals surface area contributed by atoms with Crippen molar-refractivity contribution >= 4 is 6.21 Å². The van der Waals surface area contributed by atoms with E-state index in [-0.39, 0.29) is 5.54 Å². The van der Waals surface area contributed by atoms with E-state index in [1.807, 2.05) is 12.3 Å². The molecule has 0 fully saturated rings. The fraction of sp³-hybridized carbons (Fsp3) is 0.625. The van der Waals surface area contributed by atoms with Crippen LogP contribution in [0.2, 0.25) is 0 Å². The van der Waals surface area contributed by atoms with Crippen LogP contribution in [0.4, 0.5) is 0 Å². The van der Waals surface area contributed by atoms with Gasteiger partial charge in [-0.2, -0.15) is 0 Å². The summed E-state index contributed by atoms with van der Waals surface area (Å²) in [7, 11) is 0. The predicted octanol–water partition coefficient (Wildman–Crippen LogP) is 2.43. The summed E-state index contributed by atoms with van der Waals surface area (Å²) in [5.74, 6) is 0. The molecular weight excluding hydrogens is 110 g/mol. The Bertz CT molecular complexity index is 106. The van der Waals surface area contributed by atoms with Crippen LogP contribution in [0.15, 0.2) is 17.6 Å². The first-order valence-corrected chi connectivity index (χ1v) is 3.21. The molecule has 0 radical (unpaired) electrons. The summed E-state index contributed by atoms with van der Waals surface area (Å²) in [5, 5.41) is 0. The van der Waals surface area contributed by atoms with Crippen LogP contribution in [0.1, 0.15) is 27.2 Å². The Morgan fingerprint density at radius 2 is 2.00 bits per heavy atom. The van der Waals surface area contributed by atoms with Crippen LogP contribution in [-0.4, -0.2) is 11.8 Å². The van der Waals surface area contributed by atoms with Gasteiger partial charge in [0.25, 0.3) is 0 Å². The van der Waals surface area contributed by atoms with Crippen LogP contribution in [-0.2, 0) is 0 Å². The maximum absolute atomic E-state index is 4.25. The maximum Gasteiger partial charge on any atom is 0.0520 e. The highest BCUT2D eigenvalue weighted by atomic mass is 14.8. The van der Waals surface area contributed by atoms with E-state index in [2.05, 4.69) is 32.3 Å². The molecule has 0 aliphatic heterocycles. The monoisotopic (exact) mass is 125 g/mol. The standard InChI is InChI=1S/C8H15N/c1-5-6-7-9-8(2,3)4/h5,7H,1,6H2,2-4H3. The van der Waals surface area contributed by atoms with Crippen LogP contribution in [0.5, 0.6) is 0 Å². The average molecular weight is 125 g/mol. The van der Waals surface area contributed by atoms with Gasteiger partial charge in [-0.25, -0.2) is 0 Å². The van der Waals surface area contributed by atoms with Gasteiger partial charge >= 0.3 is 0 Å². The molecule has 0 saturated heterocycles. The molecule has 1 heteroatoms. The highest BCUT2D eigenvalue weighted by Gasteiger charge is 2.02. The number of nitrogens with zero attached hydrogens (tertiary/aromatic N) is 1. The third kappa shape index (κ3) is 7.41. The van der Waals surface area contributed by atoms with E-state index in [0.717, 1.165) is 6.42 Å². The van der Waals surface area contributed by atoms with E-state index in [4.69, 9.17) is 0 Å². The summed E-state index contributed by atoms with van der Waals surface area (Å²) in [4.78, 5) is 4.25. The van der Waals surface area contributed by atoms with Gasteiger partial charge in [-0.05, 0) is 20.8 Å². The number of hydrogen-bond acceptors (Lipinski definition) is 1. The minimum Gasteiger partial charge on any atom is -0.291 e. The van der Waals surface area contributed by atoms with Crippen LogP contribution >= 0.6 is 0 Å². The molecule has 0 spiro atoms. The summed E-state index contributed by atoms with van der Waals surface area (Å²) in [5.41, 5.74) is 0.0724. The highest BCUT2D eigenvalue weighted by molar-refractivity contribution is 5.59. The lowest BCUT2D eigenvalue weighted by Crippen LogP contribution is -2.09. The van der Waals surface area contributed by atoms with Crippen molar-refractivity contribution in [1.82, 2.24) is 0 Å². The first kappa shape index (κ1) is 8.41. The van der Waals surface area contributed by atoms with Crippen molar-refractivity contribution in [2.24, 2.45) is 4.99 Å². The van der Waals surface area contributed by atoms with Crippen LogP contribution in [0, 0.1) is 0 Å². The Morgan fingerprint density at radius 3 is 2.33 bits per heavy atom. The molecule has 52 valence electrons. The van der Waals surface area contributed by atoms with Gasteiger partial charge in [-0.3, -0.25) is 4.99 Å². The Morgan fingerprint density at radius 1 is 1.44 bits per heavy atom. The lowest BCUT2D eigenvalue weighted by Gasteiger charge is -2.09. The normalized spacial score (nSPS) is 12.3. The zero-order valence-corrected chi connectivity index (χ0v) is 6.52. The SMILES string of the molecule is C=CCC=NC(C)(C)C. The Kier molecular flexibility index (Phi) is 3.21. The van der Waals surface area contributed by atoms with Gasteiger partial charge < -0.3 is 0 Å². The molecule has 0 amide bonds. The fourth-order valence-electron chi connectivity index (χ4n) is 0.401. The van der Waals surface area contributed by atoms with Gasteiger partial charge in [0.2, 0.25) is 0 Å². The van der Waals surface area contributed by atoms with Crippen molar-refractivity contribution in [1.29, 1.82) is 0 Å². The van der Waals surface area contributed by atoms with Crippen molar-refractivity contribution in [3.8, 4) is 0 Å². The van der Waals surface area contributed by atoms with Gasteiger partial charge in [0.1, 0.15) is 0 Å². The molecule has 0 bridgehead atoms. The van der Waals surface area contributed by atoms with Gasteiger partial charge in [0.15, 0.2) is 0 Å². The summed E-state index contributed by atoms with van der Waals surface area (Å²) in [6.07, 6.45) is 4.61. The summed E-state index contributed by atoms with van der Waals surface area (Å²) in [6.45, 7) is 9.82. The number of allylic oxidation sites excluding steroid dienone is 1. The maximum atomic E-state index is 4.25. The Hall–Kier alpha value is -0.590. The smallest absolute Gasteiger partial charge is 0.0520 e. The Balaban J connectivity index is 3.57. The summed E-state index contributed by atoms with van der Waals surface area (Å²) in [6, 6.07) is 0. The summed E-state index contributed by atoms with van der Waals surface area (Å²) < 4.78 is 0. The first-order chi connectivity index (χ1) is 4.06. The van der Waals surface area contributed by atoms with Crippen molar-refractivity contribution in [2.45, 2.75) is 32.7 Å². The molecule has 0 atom stereocenters. The molecule has 0 N–H and O–H groups in total. The number of hydrogen-bond donors (Lipinski definition) is 0. The van der Waals surface area contributed by atoms with E-state index in [1.54, 1.807) is 0 Å². The molecule has 0 aromatic rings. The molecule has 0 unspecified atom stereocenters. The van der Waals surface area contributed by atoms with E-state index in [1.165, 1.54) is 0 Å². The van der Waals surface area contributed by atoms with Crippen LogP contribution < -0.4 is 0 Å². The minimum absolute atomic E-state index is 0.0724.